The van der Waals surface area contributed by atoms with Crippen molar-refractivity contribution in [3.8, 4) is 5.75 Å². The molecule has 0 radical (unpaired) electrons. The molecular weight excluding hydrogens is 378 g/mol. The van der Waals surface area contributed by atoms with Crippen molar-refractivity contribution < 1.29 is 19.2 Å². The average Bonchev–Trinajstić information content (AvgIpc) is 3.09. The fourth-order valence-electron chi connectivity index (χ4n) is 3.44. The fourth-order valence-corrected chi connectivity index (χ4v) is 3.61. The molecule has 3 rings (SSSR count). The fraction of sp³-hybridized carbons (Fsp3) is 0.333. The zero-order valence-electron chi connectivity index (χ0n) is 16.1. The second-order valence-electron chi connectivity index (χ2n) is 7.09. The predicted octanol–water partition coefficient (Wildman–Crippen LogP) is 1.93. The lowest BCUT2D eigenvalue weighted by Crippen LogP contribution is -3.11. The van der Waals surface area contributed by atoms with E-state index in [9.17, 15) is 9.59 Å². The summed E-state index contributed by atoms with van der Waals surface area (Å²) in [4.78, 5) is 25.4. The van der Waals surface area contributed by atoms with Crippen LogP contribution in [0, 0.1) is 0 Å². The van der Waals surface area contributed by atoms with Crippen molar-refractivity contribution in [3.05, 3.63) is 52.5 Å². The second kappa shape index (κ2) is 9.08. The predicted molar refractivity (Wildman–Crippen MR) is 110 cm³/mol. The molecule has 0 saturated heterocycles. The van der Waals surface area contributed by atoms with Crippen molar-refractivity contribution in [1.82, 2.24) is 0 Å². The third-order valence-electron chi connectivity index (χ3n) is 4.74. The van der Waals surface area contributed by atoms with Gasteiger partial charge in [0.1, 0.15) is 5.75 Å². The van der Waals surface area contributed by atoms with Crippen LogP contribution in [0.15, 0.2) is 36.4 Å². The number of halogens is 1. The summed E-state index contributed by atoms with van der Waals surface area (Å²) in [5.74, 6) is 0.191. The highest BCUT2D eigenvalue weighted by molar-refractivity contribution is 6.31. The van der Waals surface area contributed by atoms with E-state index in [2.05, 4.69) is 16.7 Å². The lowest BCUT2D eigenvalue weighted by molar-refractivity contribution is -0.862. The van der Waals surface area contributed by atoms with Crippen LogP contribution < -0.4 is 20.3 Å². The SMILES string of the molecule is COc1ccc(Cl)cc1NC(=O)C[NH+](C)CC(=O)Nc1ccc2c(c1)CCC2. The zero-order valence-corrected chi connectivity index (χ0v) is 16.9. The van der Waals surface area contributed by atoms with Gasteiger partial charge in [-0.1, -0.05) is 17.7 Å². The van der Waals surface area contributed by atoms with Gasteiger partial charge in [0.05, 0.1) is 19.8 Å². The number of carbonyl (C=O) groups is 2. The number of anilines is 2. The molecule has 0 bridgehead atoms. The normalized spacial score (nSPS) is 13.5. The van der Waals surface area contributed by atoms with Gasteiger partial charge in [0, 0.05) is 10.7 Å². The minimum absolute atomic E-state index is 0.122. The van der Waals surface area contributed by atoms with Crippen LogP contribution >= 0.6 is 11.6 Å². The van der Waals surface area contributed by atoms with E-state index in [1.807, 2.05) is 12.1 Å². The number of ether oxygens (including phenoxy) is 1. The number of hydrogen-bond donors (Lipinski definition) is 3. The highest BCUT2D eigenvalue weighted by atomic mass is 35.5. The molecule has 2 amide bonds. The summed E-state index contributed by atoms with van der Waals surface area (Å²) in [5, 5.41) is 6.21. The quantitative estimate of drug-likeness (QED) is 0.662. The number of carbonyl (C=O) groups excluding carboxylic acids is 2. The maximum atomic E-state index is 12.3. The Morgan fingerprint density at radius 2 is 1.75 bits per heavy atom. The molecule has 7 heteroatoms. The van der Waals surface area contributed by atoms with Crippen molar-refractivity contribution in [2.45, 2.75) is 19.3 Å². The lowest BCUT2D eigenvalue weighted by atomic mass is 10.1. The summed E-state index contributed by atoms with van der Waals surface area (Å²) < 4.78 is 5.22. The summed E-state index contributed by atoms with van der Waals surface area (Å²) in [6, 6.07) is 11.1. The number of quaternary nitrogens is 1. The maximum Gasteiger partial charge on any atom is 0.279 e. The van der Waals surface area contributed by atoms with Gasteiger partial charge in [0.15, 0.2) is 13.1 Å². The Kier molecular flexibility index (Phi) is 6.54. The summed E-state index contributed by atoms with van der Waals surface area (Å²) in [7, 11) is 3.33. The first kappa shape index (κ1) is 20.2. The Hall–Kier alpha value is -2.57. The molecule has 3 N–H and O–H groups in total. The van der Waals surface area contributed by atoms with Crippen LogP contribution in [0.25, 0.3) is 0 Å². The van der Waals surface area contributed by atoms with E-state index in [-0.39, 0.29) is 24.9 Å². The first-order valence-electron chi connectivity index (χ1n) is 9.31. The Balaban J connectivity index is 1.50. The van der Waals surface area contributed by atoms with Crippen LogP contribution in [0.5, 0.6) is 5.75 Å². The van der Waals surface area contributed by atoms with Gasteiger partial charge < -0.3 is 20.3 Å². The van der Waals surface area contributed by atoms with E-state index >= 15 is 0 Å². The van der Waals surface area contributed by atoms with Crippen LogP contribution in [-0.2, 0) is 22.4 Å². The van der Waals surface area contributed by atoms with Gasteiger partial charge >= 0.3 is 0 Å². The molecule has 0 saturated carbocycles. The number of methoxy groups -OCH3 is 1. The number of hydrogen-bond acceptors (Lipinski definition) is 3. The molecule has 0 spiro atoms. The number of likely N-dealkylation sites (N-methyl/N-ethyl adjacent to an activating group) is 1. The van der Waals surface area contributed by atoms with Crippen LogP contribution in [-0.4, -0.2) is 39.1 Å². The molecule has 148 valence electrons. The van der Waals surface area contributed by atoms with Crippen LogP contribution in [0.2, 0.25) is 5.02 Å². The number of nitrogens with one attached hydrogen (secondary N) is 3. The summed E-state index contributed by atoms with van der Waals surface area (Å²) >= 11 is 5.98. The standard InChI is InChI=1S/C21H24ClN3O3/c1-25(13-21(27)24-18-11-16(22)7-9-19(18)28-2)12-20(26)23-17-8-6-14-4-3-5-15(14)10-17/h6-11H,3-5,12-13H2,1-2H3,(H,23,26)(H,24,27)/p+1. The van der Waals surface area contributed by atoms with Crippen LogP contribution in [0.1, 0.15) is 17.5 Å². The summed E-state index contributed by atoms with van der Waals surface area (Å²) in [5.41, 5.74) is 4.00. The number of fused-ring (bicyclic) bond motifs is 1. The molecule has 2 aromatic carbocycles. The van der Waals surface area contributed by atoms with Gasteiger partial charge in [-0.3, -0.25) is 9.59 Å². The highest BCUT2D eigenvalue weighted by Crippen LogP contribution is 2.27. The molecule has 0 aromatic heterocycles. The van der Waals surface area contributed by atoms with E-state index in [1.165, 1.54) is 24.7 Å². The van der Waals surface area contributed by atoms with Crippen LogP contribution in [0.4, 0.5) is 11.4 Å². The smallest absolute Gasteiger partial charge is 0.279 e. The van der Waals surface area contributed by atoms with Crippen molar-refractivity contribution in [2.24, 2.45) is 0 Å². The van der Waals surface area contributed by atoms with Gasteiger partial charge in [-0.15, -0.1) is 0 Å². The van der Waals surface area contributed by atoms with Crippen LogP contribution in [0.3, 0.4) is 0 Å². The molecule has 1 aliphatic carbocycles. The maximum absolute atomic E-state index is 12.3. The van der Waals surface area contributed by atoms with Gasteiger partial charge in [-0.25, -0.2) is 0 Å². The minimum atomic E-state index is -0.219. The largest absolute Gasteiger partial charge is 0.495 e. The topological polar surface area (TPSA) is 71.9 Å². The Morgan fingerprint density at radius 3 is 2.50 bits per heavy atom. The van der Waals surface area contributed by atoms with E-state index in [4.69, 9.17) is 16.3 Å². The van der Waals surface area contributed by atoms with Crippen molar-refractivity contribution in [2.75, 3.05) is 37.9 Å². The molecular formula is C21H25ClN3O3+. The summed E-state index contributed by atoms with van der Waals surface area (Å²) in [6.07, 6.45) is 3.35. The average molecular weight is 403 g/mol. The number of benzene rings is 2. The molecule has 1 aliphatic rings. The monoisotopic (exact) mass is 402 g/mol. The van der Waals surface area contributed by atoms with E-state index in [1.54, 1.807) is 25.2 Å². The Labute approximate surface area is 169 Å². The van der Waals surface area contributed by atoms with E-state index in [0.29, 0.717) is 16.5 Å². The molecule has 0 fully saturated rings. The minimum Gasteiger partial charge on any atom is -0.495 e. The molecule has 0 heterocycles. The van der Waals surface area contributed by atoms with Crippen molar-refractivity contribution in [3.63, 3.8) is 0 Å². The van der Waals surface area contributed by atoms with E-state index < -0.39 is 0 Å². The zero-order chi connectivity index (χ0) is 20.1. The van der Waals surface area contributed by atoms with Gasteiger partial charge in [-0.05, 0) is 60.7 Å². The van der Waals surface area contributed by atoms with Gasteiger partial charge in [0.25, 0.3) is 11.8 Å². The molecule has 2 aromatic rings. The molecule has 1 atom stereocenters. The number of amides is 2. The third kappa shape index (κ3) is 5.24. The molecule has 0 aliphatic heterocycles. The third-order valence-corrected chi connectivity index (χ3v) is 4.98. The first-order chi connectivity index (χ1) is 13.4. The molecule has 1 unspecified atom stereocenters. The molecule has 6 nitrogen and oxygen atoms in total. The number of aryl methyl sites for hydroxylation is 2. The Morgan fingerprint density at radius 1 is 1.04 bits per heavy atom. The first-order valence-corrected chi connectivity index (χ1v) is 9.68. The van der Waals surface area contributed by atoms with Gasteiger partial charge in [-0.2, -0.15) is 0 Å². The number of rotatable bonds is 7. The van der Waals surface area contributed by atoms with Gasteiger partial charge in [0.2, 0.25) is 0 Å². The second-order valence-corrected chi connectivity index (χ2v) is 7.53. The van der Waals surface area contributed by atoms with Crippen molar-refractivity contribution in [1.29, 1.82) is 0 Å². The van der Waals surface area contributed by atoms with E-state index in [0.717, 1.165) is 23.4 Å². The highest BCUT2D eigenvalue weighted by Gasteiger charge is 2.17. The lowest BCUT2D eigenvalue weighted by Gasteiger charge is -2.15. The summed E-state index contributed by atoms with van der Waals surface area (Å²) in [6.45, 7) is 0.338. The van der Waals surface area contributed by atoms with Crippen molar-refractivity contribution >= 4 is 34.8 Å². The molecule has 28 heavy (non-hydrogen) atoms. The Bertz CT molecular complexity index is 885.